The van der Waals surface area contributed by atoms with Gasteiger partial charge in [-0.3, -0.25) is 9.59 Å². The van der Waals surface area contributed by atoms with E-state index in [0.717, 1.165) is 75.1 Å². The summed E-state index contributed by atoms with van der Waals surface area (Å²) in [5.41, 5.74) is 9.56. The summed E-state index contributed by atoms with van der Waals surface area (Å²) < 4.78 is 0. The smallest absolute Gasteiger partial charge is 0.252 e. The van der Waals surface area contributed by atoms with E-state index < -0.39 is 0 Å². The zero-order valence-electron chi connectivity index (χ0n) is 31.7. The van der Waals surface area contributed by atoms with E-state index in [0.29, 0.717) is 23.6 Å². The number of rotatable bonds is 12. The molecule has 6 aromatic rings. The molecule has 2 aromatic heterocycles. The lowest BCUT2D eigenvalue weighted by atomic mass is 9.89. The number of para-hydroxylation sites is 1. The number of carbonyl (C=O) groups excluding carboxylic acids is 2. The Kier molecular flexibility index (Phi) is 9.64. The topological polar surface area (TPSA) is 120 Å². The number of likely N-dealkylation sites (N-methyl/N-ethyl adjacent to an activating group) is 2. The number of carbonyl (C=O) groups is 2. The molecular formula is C44H50N8O2. The molecule has 2 fully saturated rings. The third-order valence-electron chi connectivity index (χ3n) is 11.8. The normalized spacial score (nSPS) is 18.1. The first-order chi connectivity index (χ1) is 26.2. The molecule has 0 spiro atoms. The van der Waals surface area contributed by atoms with Crippen molar-refractivity contribution in [2.75, 3.05) is 43.5 Å². The summed E-state index contributed by atoms with van der Waals surface area (Å²) in [4.78, 5) is 39.1. The van der Waals surface area contributed by atoms with Gasteiger partial charge >= 0.3 is 0 Å². The summed E-state index contributed by atoms with van der Waals surface area (Å²) in [6.07, 6.45) is 4.56. The average Bonchev–Trinajstić information content (AvgIpc) is 3.83. The van der Waals surface area contributed by atoms with Gasteiger partial charge in [0, 0.05) is 85.6 Å². The minimum atomic E-state index is -0.180. The van der Waals surface area contributed by atoms with Crippen LogP contribution in [0.4, 0.5) is 11.4 Å². The molecule has 0 bridgehead atoms. The number of hydrogen-bond acceptors (Lipinski definition) is 6. The van der Waals surface area contributed by atoms with Crippen LogP contribution in [0.5, 0.6) is 0 Å². The second-order valence-corrected chi connectivity index (χ2v) is 15.1. The number of aromatic nitrogens is 2. The fraction of sp³-hybridized carbons (Fsp3) is 0.318. The van der Waals surface area contributed by atoms with Gasteiger partial charge in [0.25, 0.3) is 11.8 Å². The number of hydrogen-bond donors (Lipinski definition) is 6. The molecule has 54 heavy (non-hydrogen) atoms. The molecule has 0 saturated carbocycles. The SMILES string of the molecule is Cc1ccc(N(C)C2CNC2Cc2ccc(N(C)C3CNC3)cc2C(=O)N[C@H](C)c2cccc3[nH]ccc23)cc1C(=O)NC(C)c1cccc2cc[nH]c12. The molecule has 2 amide bonds. The third-order valence-corrected chi connectivity index (χ3v) is 11.8. The van der Waals surface area contributed by atoms with Gasteiger partial charge in [0.2, 0.25) is 0 Å². The number of nitrogens with one attached hydrogen (secondary N) is 6. The minimum absolute atomic E-state index is 0.0767. The summed E-state index contributed by atoms with van der Waals surface area (Å²) in [7, 11) is 4.20. The molecule has 4 aromatic carbocycles. The average molecular weight is 723 g/mol. The molecule has 2 aliphatic rings. The first-order valence-corrected chi connectivity index (χ1v) is 19.0. The largest absolute Gasteiger partial charge is 0.369 e. The number of anilines is 2. The molecule has 10 heteroatoms. The van der Waals surface area contributed by atoms with Gasteiger partial charge in [-0.2, -0.15) is 0 Å². The zero-order chi connectivity index (χ0) is 37.5. The molecule has 10 nitrogen and oxygen atoms in total. The Hall–Kier alpha value is -5.58. The molecule has 4 atom stereocenters. The van der Waals surface area contributed by atoms with Crippen molar-refractivity contribution >= 4 is 45.0 Å². The Labute approximate surface area is 316 Å². The molecule has 0 radical (unpaired) electrons. The second kappa shape index (κ2) is 14.7. The number of nitrogens with zero attached hydrogens (tertiary/aromatic N) is 2. The van der Waals surface area contributed by atoms with Crippen molar-refractivity contribution < 1.29 is 9.59 Å². The summed E-state index contributed by atoms with van der Waals surface area (Å²) in [6.45, 7) is 8.73. The van der Waals surface area contributed by atoms with Crippen LogP contribution in [-0.2, 0) is 6.42 Å². The van der Waals surface area contributed by atoms with Crippen molar-refractivity contribution in [1.82, 2.24) is 31.2 Å². The molecule has 4 heterocycles. The van der Waals surface area contributed by atoms with E-state index in [1.54, 1.807) is 0 Å². The number of aromatic amines is 2. The zero-order valence-corrected chi connectivity index (χ0v) is 31.7. The van der Waals surface area contributed by atoms with E-state index in [1.807, 2.05) is 63.5 Å². The highest BCUT2D eigenvalue weighted by Gasteiger charge is 2.35. The highest BCUT2D eigenvalue weighted by molar-refractivity contribution is 5.98. The predicted octanol–water partition coefficient (Wildman–Crippen LogP) is 6.37. The highest BCUT2D eigenvalue weighted by atomic mass is 16.2. The third kappa shape index (κ3) is 6.71. The summed E-state index contributed by atoms with van der Waals surface area (Å²) in [6, 6.07) is 29.2. The maximum absolute atomic E-state index is 14.2. The fourth-order valence-electron chi connectivity index (χ4n) is 8.10. The Morgan fingerprint density at radius 2 is 1.44 bits per heavy atom. The van der Waals surface area contributed by atoms with Crippen LogP contribution in [0.3, 0.4) is 0 Å². The summed E-state index contributed by atoms with van der Waals surface area (Å²) in [5.74, 6) is -0.172. The Morgan fingerprint density at radius 3 is 2.20 bits per heavy atom. The first-order valence-electron chi connectivity index (χ1n) is 19.0. The van der Waals surface area contributed by atoms with Crippen LogP contribution >= 0.6 is 0 Å². The van der Waals surface area contributed by atoms with Gasteiger partial charge in [-0.05, 0) is 97.3 Å². The summed E-state index contributed by atoms with van der Waals surface area (Å²) >= 11 is 0. The maximum atomic E-state index is 14.2. The van der Waals surface area contributed by atoms with Crippen LogP contribution in [0.1, 0.15) is 68.9 Å². The van der Waals surface area contributed by atoms with E-state index in [-0.39, 0.29) is 36.0 Å². The van der Waals surface area contributed by atoms with Gasteiger partial charge < -0.3 is 41.0 Å². The lowest BCUT2D eigenvalue weighted by molar-refractivity contribution is 0.0930. The fourth-order valence-corrected chi connectivity index (χ4v) is 8.10. The van der Waals surface area contributed by atoms with Crippen molar-refractivity contribution in [2.24, 2.45) is 0 Å². The van der Waals surface area contributed by atoms with Crippen LogP contribution in [0.15, 0.2) is 97.3 Å². The number of amides is 2. The number of aryl methyl sites for hydroxylation is 1. The maximum Gasteiger partial charge on any atom is 0.252 e. The Bertz CT molecular complexity index is 2320. The van der Waals surface area contributed by atoms with Gasteiger partial charge in [0.05, 0.1) is 29.7 Å². The lowest BCUT2D eigenvalue weighted by Gasteiger charge is -2.45. The molecule has 3 unspecified atom stereocenters. The van der Waals surface area contributed by atoms with E-state index in [9.17, 15) is 9.59 Å². The van der Waals surface area contributed by atoms with E-state index >= 15 is 0 Å². The van der Waals surface area contributed by atoms with Crippen molar-refractivity contribution in [1.29, 1.82) is 0 Å². The second-order valence-electron chi connectivity index (χ2n) is 15.1. The van der Waals surface area contributed by atoms with E-state index in [1.165, 1.54) is 0 Å². The van der Waals surface area contributed by atoms with Crippen LogP contribution in [0.2, 0.25) is 0 Å². The summed E-state index contributed by atoms with van der Waals surface area (Å²) in [5, 5.41) is 15.8. The van der Waals surface area contributed by atoms with Crippen LogP contribution in [-0.4, -0.2) is 73.6 Å². The van der Waals surface area contributed by atoms with Crippen molar-refractivity contribution in [2.45, 2.75) is 57.4 Å². The van der Waals surface area contributed by atoms with E-state index in [2.05, 4.69) is 110 Å². The van der Waals surface area contributed by atoms with Crippen LogP contribution in [0.25, 0.3) is 21.8 Å². The van der Waals surface area contributed by atoms with Gasteiger partial charge in [0.1, 0.15) is 0 Å². The highest BCUT2D eigenvalue weighted by Crippen LogP contribution is 2.30. The molecule has 2 saturated heterocycles. The standard InChI is InChI=1S/C44H50N8O2/c1-26-12-14-32(21-37(26)43(53)50-28(3)35-10-6-8-29-16-18-47-42(29)35)52(5)41-25-48-40(41)20-30-13-15-31(51(4)33-23-45-24-33)22-38(30)44(54)49-27(2)34-9-7-11-39-36(34)17-19-46-39/h6-19,21-22,27-28,33,40-41,45-48H,20,23-25H2,1-5H3,(H,49,54)(H,50,53)/t27-,28?,40?,41?/m1/s1. The van der Waals surface area contributed by atoms with Crippen molar-refractivity contribution in [3.8, 4) is 0 Å². The number of fused-ring (bicyclic) bond motifs is 2. The molecule has 2 aliphatic heterocycles. The molecular weight excluding hydrogens is 673 g/mol. The quantitative estimate of drug-likeness (QED) is 0.0875. The molecule has 6 N–H and O–H groups in total. The van der Waals surface area contributed by atoms with Gasteiger partial charge in [-0.1, -0.05) is 42.5 Å². The monoisotopic (exact) mass is 722 g/mol. The molecule has 278 valence electrons. The van der Waals surface area contributed by atoms with Crippen molar-refractivity contribution in [3.63, 3.8) is 0 Å². The number of H-pyrrole nitrogens is 2. The van der Waals surface area contributed by atoms with Crippen LogP contribution in [0, 0.1) is 6.92 Å². The van der Waals surface area contributed by atoms with Crippen LogP contribution < -0.4 is 31.1 Å². The van der Waals surface area contributed by atoms with Crippen molar-refractivity contribution in [3.05, 3.63) is 131 Å². The number of benzene rings is 4. The van der Waals surface area contributed by atoms with E-state index in [4.69, 9.17) is 0 Å². The minimum Gasteiger partial charge on any atom is -0.369 e. The van der Waals surface area contributed by atoms with Gasteiger partial charge in [-0.25, -0.2) is 0 Å². The first kappa shape index (κ1) is 35.4. The Balaban J connectivity index is 1.000. The molecule has 0 aliphatic carbocycles. The molecule has 8 rings (SSSR count). The predicted molar refractivity (Wildman–Crippen MR) is 219 cm³/mol. The lowest BCUT2D eigenvalue weighted by Crippen LogP contribution is -2.65. The van der Waals surface area contributed by atoms with Gasteiger partial charge in [-0.15, -0.1) is 0 Å². The Morgan fingerprint density at radius 1 is 0.759 bits per heavy atom. The van der Waals surface area contributed by atoms with Gasteiger partial charge in [0.15, 0.2) is 0 Å².